The molecule has 1 aromatic carbocycles. The zero-order valence-corrected chi connectivity index (χ0v) is 16.9. The van der Waals surface area contributed by atoms with Gasteiger partial charge in [0.05, 0.1) is 17.2 Å². The second-order valence-electron chi connectivity index (χ2n) is 7.60. The number of benzene rings is 1. The Morgan fingerprint density at radius 3 is 2.70 bits per heavy atom. The van der Waals surface area contributed by atoms with Gasteiger partial charge in [0.15, 0.2) is 0 Å². The van der Waals surface area contributed by atoms with Crippen molar-refractivity contribution in [2.75, 3.05) is 36.9 Å². The Bertz CT molecular complexity index is 1000. The molecule has 0 saturated carbocycles. The van der Waals surface area contributed by atoms with Crippen LogP contribution < -0.4 is 15.5 Å². The van der Waals surface area contributed by atoms with Crippen LogP contribution in [-0.4, -0.2) is 36.6 Å². The van der Waals surface area contributed by atoms with Crippen LogP contribution in [0.3, 0.4) is 0 Å². The zero-order chi connectivity index (χ0) is 21.3. The van der Waals surface area contributed by atoms with E-state index < -0.39 is 23.8 Å². The number of nitrogens with zero attached hydrogens (tertiary/aromatic N) is 3. The lowest BCUT2D eigenvalue weighted by molar-refractivity contribution is 0.146. The molecule has 30 heavy (non-hydrogen) atoms. The average Bonchev–Trinajstić information content (AvgIpc) is 2.74. The first-order chi connectivity index (χ1) is 14.5. The summed E-state index contributed by atoms with van der Waals surface area (Å²) in [5.74, 6) is 0.430. The molecule has 0 aliphatic carbocycles. The fourth-order valence-electron chi connectivity index (χ4n) is 3.93. The molecular formula is C22H24F3N5. The molecule has 0 amide bonds. The highest BCUT2D eigenvalue weighted by molar-refractivity contribution is 5.80. The number of alkyl halides is 2. The number of likely N-dealkylation sites (N-methyl/N-ethyl adjacent to an activating group) is 1. The Hall–Kier alpha value is -2.87. The highest BCUT2D eigenvalue weighted by Gasteiger charge is 2.24. The molecule has 2 aromatic rings. The van der Waals surface area contributed by atoms with E-state index in [0.717, 1.165) is 43.5 Å². The van der Waals surface area contributed by atoms with Gasteiger partial charge in [0.25, 0.3) is 6.43 Å². The van der Waals surface area contributed by atoms with Crippen molar-refractivity contribution in [1.82, 2.24) is 15.3 Å². The third-order valence-corrected chi connectivity index (χ3v) is 5.50. The van der Waals surface area contributed by atoms with Crippen LogP contribution in [0.4, 0.5) is 24.8 Å². The average molecular weight is 415 g/mol. The van der Waals surface area contributed by atoms with Gasteiger partial charge in [-0.1, -0.05) is 24.3 Å². The number of anilines is 2. The van der Waals surface area contributed by atoms with Crippen molar-refractivity contribution in [2.45, 2.75) is 25.8 Å². The lowest BCUT2D eigenvalue weighted by atomic mass is 9.96. The van der Waals surface area contributed by atoms with E-state index in [2.05, 4.69) is 37.7 Å². The maximum absolute atomic E-state index is 14.6. The van der Waals surface area contributed by atoms with Gasteiger partial charge < -0.3 is 15.5 Å². The van der Waals surface area contributed by atoms with Crippen molar-refractivity contribution in [1.29, 1.82) is 0 Å². The second kappa shape index (κ2) is 8.47. The van der Waals surface area contributed by atoms with Gasteiger partial charge >= 0.3 is 0 Å². The Balaban J connectivity index is 1.68. The minimum absolute atomic E-state index is 0.174. The quantitative estimate of drug-likeness (QED) is 0.754. The molecule has 1 aromatic heterocycles. The molecule has 158 valence electrons. The van der Waals surface area contributed by atoms with Crippen molar-refractivity contribution >= 4 is 17.7 Å². The lowest BCUT2D eigenvalue weighted by Crippen LogP contribution is -2.30. The van der Waals surface area contributed by atoms with Gasteiger partial charge in [-0.3, -0.25) is 0 Å². The van der Waals surface area contributed by atoms with Crippen molar-refractivity contribution < 1.29 is 13.2 Å². The molecular weight excluding hydrogens is 391 g/mol. The molecule has 0 saturated heterocycles. The molecule has 4 rings (SSSR count). The largest absolute Gasteiger partial charge is 0.363 e. The van der Waals surface area contributed by atoms with Crippen LogP contribution in [0.1, 0.15) is 42.5 Å². The third kappa shape index (κ3) is 3.92. The fourth-order valence-corrected chi connectivity index (χ4v) is 3.93. The monoisotopic (exact) mass is 415 g/mol. The van der Waals surface area contributed by atoms with Gasteiger partial charge in [-0.15, -0.1) is 0 Å². The first-order valence-electron chi connectivity index (χ1n) is 9.95. The fraction of sp³-hybridized carbons (Fsp3) is 0.364. The van der Waals surface area contributed by atoms with Crippen LogP contribution in [-0.2, 0) is 0 Å². The van der Waals surface area contributed by atoms with Gasteiger partial charge in [-0.25, -0.2) is 23.1 Å². The predicted octanol–water partition coefficient (Wildman–Crippen LogP) is 4.48. The van der Waals surface area contributed by atoms with Gasteiger partial charge in [0.2, 0.25) is 0 Å². The minimum Gasteiger partial charge on any atom is -0.363 e. The van der Waals surface area contributed by atoms with Crippen molar-refractivity contribution in [3.05, 3.63) is 64.3 Å². The molecule has 1 atom stereocenters. The van der Waals surface area contributed by atoms with Crippen LogP contribution in [0.25, 0.3) is 6.08 Å². The summed E-state index contributed by atoms with van der Waals surface area (Å²) < 4.78 is 40.8. The highest BCUT2D eigenvalue weighted by Crippen LogP contribution is 2.35. The summed E-state index contributed by atoms with van der Waals surface area (Å²) in [6, 6.07) is 3.52. The van der Waals surface area contributed by atoms with E-state index in [4.69, 9.17) is 0 Å². The summed E-state index contributed by atoms with van der Waals surface area (Å²) >= 11 is 0. The topological polar surface area (TPSA) is 53.1 Å². The number of rotatable bonds is 5. The van der Waals surface area contributed by atoms with Gasteiger partial charge in [-0.05, 0) is 37.1 Å². The Kier molecular flexibility index (Phi) is 5.76. The van der Waals surface area contributed by atoms with E-state index in [1.54, 1.807) is 6.92 Å². The summed E-state index contributed by atoms with van der Waals surface area (Å²) in [4.78, 5) is 10.8. The Morgan fingerprint density at radius 1 is 1.17 bits per heavy atom. The molecule has 0 bridgehead atoms. The van der Waals surface area contributed by atoms with Crippen LogP contribution in [0, 0.1) is 5.82 Å². The number of hydrogen-bond acceptors (Lipinski definition) is 5. The maximum atomic E-state index is 14.6. The van der Waals surface area contributed by atoms with Crippen molar-refractivity contribution in [2.24, 2.45) is 0 Å². The summed E-state index contributed by atoms with van der Waals surface area (Å²) in [6.07, 6.45) is 3.88. The standard InChI is InChI=1S/C22H24F3N5/c1-13(16-6-3-7-17(19(16)23)20(24)25)29-21-18-9-15(14-5-4-8-26-10-14)11-30(2)22(18)28-12-27-21/h3,5-7,9,12-13,20,26H,4,8,10-11H2,1-2H3,(H,27,28,29)/t13-/m1/s1. The number of nitrogens with one attached hydrogen (secondary N) is 2. The summed E-state index contributed by atoms with van der Waals surface area (Å²) in [5.41, 5.74) is 2.81. The minimum atomic E-state index is -2.86. The molecule has 2 aliphatic heterocycles. The molecule has 0 unspecified atom stereocenters. The molecule has 8 heteroatoms. The molecule has 0 fully saturated rings. The van der Waals surface area contributed by atoms with Crippen LogP contribution >= 0.6 is 0 Å². The van der Waals surface area contributed by atoms with Crippen molar-refractivity contribution in [3.8, 4) is 0 Å². The number of aromatic nitrogens is 2. The molecule has 0 spiro atoms. The number of fused-ring (bicyclic) bond motifs is 1. The van der Waals surface area contributed by atoms with E-state index in [-0.39, 0.29) is 5.56 Å². The summed E-state index contributed by atoms with van der Waals surface area (Å²) in [5, 5.41) is 6.58. The molecule has 2 aliphatic rings. The smallest absolute Gasteiger partial charge is 0.266 e. The maximum Gasteiger partial charge on any atom is 0.266 e. The third-order valence-electron chi connectivity index (χ3n) is 5.50. The zero-order valence-electron chi connectivity index (χ0n) is 16.9. The first-order valence-corrected chi connectivity index (χ1v) is 9.95. The normalized spacial score (nSPS) is 17.3. The second-order valence-corrected chi connectivity index (χ2v) is 7.60. The van der Waals surface area contributed by atoms with Crippen molar-refractivity contribution in [3.63, 3.8) is 0 Å². The predicted molar refractivity (Wildman–Crippen MR) is 112 cm³/mol. The number of hydrogen-bond donors (Lipinski definition) is 2. The number of halogens is 3. The first kappa shape index (κ1) is 20.4. The molecule has 5 nitrogen and oxygen atoms in total. The molecule has 0 radical (unpaired) electrons. The van der Waals surface area contributed by atoms with Gasteiger partial charge in [0.1, 0.15) is 23.8 Å². The van der Waals surface area contributed by atoms with Crippen LogP contribution in [0.2, 0.25) is 0 Å². The summed E-state index contributed by atoms with van der Waals surface area (Å²) in [7, 11) is 1.97. The van der Waals surface area contributed by atoms with E-state index in [1.165, 1.54) is 29.6 Å². The summed E-state index contributed by atoms with van der Waals surface area (Å²) in [6.45, 7) is 4.25. The van der Waals surface area contributed by atoms with Crippen LogP contribution in [0.15, 0.2) is 41.7 Å². The molecule has 2 N–H and O–H groups in total. The Morgan fingerprint density at radius 2 is 1.97 bits per heavy atom. The van der Waals surface area contributed by atoms with Gasteiger partial charge in [0, 0.05) is 25.7 Å². The molecule has 3 heterocycles. The van der Waals surface area contributed by atoms with E-state index in [9.17, 15) is 13.2 Å². The highest BCUT2D eigenvalue weighted by atomic mass is 19.3. The lowest BCUT2D eigenvalue weighted by Gasteiger charge is -2.30. The SMILES string of the molecule is C[C@@H](Nc1ncnc2c1C=C(C1=CCCNC1)CN2C)c1cccc(C(F)F)c1F. The van der Waals surface area contributed by atoms with Crippen LogP contribution in [0.5, 0.6) is 0 Å². The van der Waals surface area contributed by atoms with Gasteiger partial charge in [-0.2, -0.15) is 0 Å². The van der Waals surface area contributed by atoms with E-state index in [0.29, 0.717) is 5.82 Å². The van der Waals surface area contributed by atoms with E-state index in [1.807, 2.05) is 7.05 Å². The van der Waals surface area contributed by atoms with E-state index >= 15 is 0 Å². The Labute approximate surface area is 173 Å².